The van der Waals surface area contributed by atoms with E-state index < -0.39 is 60.5 Å². The van der Waals surface area contributed by atoms with Gasteiger partial charge in [0.05, 0.1) is 6.10 Å². The van der Waals surface area contributed by atoms with Crippen molar-refractivity contribution in [1.82, 2.24) is 5.09 Å². The minimum absolute atomic E-state index is 0.195. The third kappa shape index (κ3) is 4.69. The Bertz CT molecular complexity index is 895. The second kappa shape index (κ2) is 8.70. The van der Waals surface area contributed by atoms with Gasteiger partial charge in [-0.1, -0.05) is 18.2 Å². The monoisotopic (exact) mass is 423 g/mol. The summed E-state index contributed by atoms with van der Waals surface area (Å²) in [5, 5.41) is 0.241. The van der Waals surface area contributed by atoms with Gasteiger partial charge in [0.25, 0.3) is 0 Å². The predicted molar refractivity (Wildman–Crippen MR) is 89.8 cm³/mol. The van der Waals surface area contributed by atoms with Gasteiger partial charge in [0.2, 0.25) is 5.82 Å². The van der Waals surface area contributed by atoms with E-state index in [0.717, 1.165) is 0 Å². The zero-order chi connectivity index (χ0) is 21.1. The van der Waals surface area contributed by atoms with E-state index in [-0.39, 0.29) is 5.75 Å². The van der Waals surface area contributed by atoms with E-state index in [2.05, 4.69) is 0 Å². The van der Waals surface area contributed by atoms with Gasteiger partial charge in [0.15, 0.2) is 23.3 Å². The lowest BCUT2D eigenvalue weighted by Crippen LogP contribution is -2.34. The molecule has 1 N–H and O–H groups in total. The molecule has 0 aromatic heterocycles. The third-order valence-corrected chi connectivity index (χ3v) is 5.28. The first-order valence-electron chi connectivity index (χ1n) is 7.88. The van der Waals surface area contributed by atoms with Crippen molar-refractivity contribution in [1.29, 1.82) is 0 Å². The predicted octanol–water partition coefficient (Wildman–Crippen LogP) is 3.82. The fourth-order valence-electron chi connectivity index (χ4n) is 2.11. The molecule has 2 aromatic rings. The maximum atomic E-state index is 14.2. The highest BCUT2D eigenvalue weighted by Crippen LogP contribution is 2.44. The molecule has 0 saturated carbocycles. The van der Waals surface area contributed by atoms with E-state index >= 15 is 0 Å². The van der Waals surface area contributed by atoms with Crippen molar-refractivity contribution in [3.63, 3.8) is 0 Å². The van der Waals surface area contributed by atoms with Crippen LogP contribution in [0.5, 0.6) is 5.75 Å². The Labute approximate surface area is 157 Å². The van der Waals surface area contributed by atoms with E-state index in [1.807, 2.05) is 5.09 Å². The van der Waals surface area contributed by atoms with E-state index in [4.69, 9.17) is 9.26 Å². The van der Waals surface area contributed by atoms with Crippen molar-refractivity contribution >= 4 is 18.8 Å². The highest BCUT2D eigenvalue weighted by Gasteiger charge is 2.40. The summed E-state index contributed by atoms with van der Waals surface area (Å²) in [6.45, 7) is 2.16. The number of hydrogen-bond acceptors (Lipinski definition) is 4. The Balaban J connectivity index is 2.53. The zero-order valence-electron chi connectivity index (χ0n) is 14.6. The van der Waals surface area contributed by atoms with Crippen LogP contribution < -0.4 is 14.9 Å². The molecule has 0 aliphatic rings. The molecule has 0 heterocycles. The Hall–Kier alpha value is -2.45. The minimum atomic E-state index is -4.99. The van der Waals surface area contributed by atoms with E-state index in [0.29, 0.717) is 0 Å². The number of carbonyl (C=O) groups excluding carboxylic acids is 1. The van der Waals surface area contributed by atoms with E-state index in [1.54, 1.807) is 6.07 Å². The first kappa shape index (κ1) is 21.8. The summed E-state index contributed by atoms with van der Waals surface area (Å²) < 4.78 is 91.9. The first-order chi connectivity index (χ1) is 13.1. The fourth-order valence-corrected chi connectivity index (χ4v) is 3.89. The van der Waals surface area contributed by atoms with Gasteiger partial charge in [-0.05, 0) is 26.0 Å². The lowest BCUT2D eigenvalue weighted by atomic mass is 10.3. The number of ether oxygens (including phenoxy) is 1. The number of nitrogens with one attached hydrogen (secondary N) is 1. The molecule has 2 aromatic carbocycles. The van der Waals surface area contributed by atoms with Gasteiger partial charge < -0.3 is 9.26 Å². The topological polar surface area (TPSA) is 64.6 Å². The maximum absolute atomic E-state index is 14.2. The number of para-hydroxylation sites is 1. The van der Waals surface area contributed by atoms with Crippen molar-refractivity contribution < 1.29 is 40.6 Å². The Morgan fingerprint density at radius 3 is 1.96 bits per heavy atom. The molecular formula is C17H15F5NO4P. The molecule has 2 rings (SSSR count). The average Bonchev–Trinajstić information content (AvgIpc) is 2.63. The molecule has 0 saturated heterocycles. The van der Waals surface area contributed by atoms with E-state index in [9.17, 15) is 31.3 Å². The Morgan fingerprint density at radius 1 is 0.964 bits per heavy atom. The van der Waals surface area contributed by atoms with Crippen LogP contribution in [-0.2, 0) is 14.1 Å². The van der Waals surface area contributed by atoms with Crippen molar-refractivity contribution in [2.45, 2.75) is 20.0 Å². The average molecular weight is 423 g/mol. The number of rotatable bonds is 7. The molecule has 0 fully saturated rings. The van der Waals surface area contributed by atoms with Crippen LogP contribution in [0.15, 0.2) is 30.3 Å². The standard InChI is InChI=1S/C17H15F5NO4P/c1-9(2)26-11(24)8-23-28(25,27-10-6-4-3-5-7-10)17-15(21)13(19)12(18)14(20)16(17)22/h3-7,9H,8H2,1-2H3,(H,23,25)/t28-/m1/s1. The molecule has 0 radical (unpaired) electrons. The molecule has 0 amide bonds. The van der Waals surface area contributed by atoms with Crippen molar-refractivity contribution in [2.24, 2.45) is 0 Å². The van der Waals surface area contributed by atoms with Crippen molar-refractivity contribution in [3.8, 4) is 5.75 Å². The van der Waals surface area contributed by atoms with Gasteiger partial charge in [-0.15, -0.1) is 0 Å². The second-order valence-corrected chi connectivity index (χ2v) is 7.80. The number of esters is 1. The number of benzene rings is 2. The summed E-state index contributed by atoms with van der Waals surface area (Å²) in [5.41, 5.74) is 0. The molecule has 0 spiro atoms. The molecule has 5 nitrogen and oxygen atoms in total. The summed E-state index contributed by atoms with van der Waals surface area (Å²) in [5.74, 6) is -12.8. The van der Waals surface area contributed by atoms with Gasteiger partial charge in [0.1, 0.15) is 17.6 Å². The minimum Gasteiger partial charge on any atom is -0.462 e. The highest BCUT2D eigenvalue weighted by atomic mass is 31.2. The van der Waals surface area contributed by atoms with Crippen molar-refractivity contribution in [3.05, 3.63) is 59.4 Å². The van der Waals surface area contributed by atoms with Crippen LogP contribution in [-0.4, -0.2) is 18.6 Å². The summed E-state index contributed by atoms with van der Waals surface area (Å²) in [6, 6.07) is 6.87. The highest BCUT2D eigenvalue weighted by molar-refractivity contribution is 7.65. The number of carbonyl (C=O) groups is 1. The summed E-state index contributed by atoms with van der Waals surface area (Å²) in [6.07, 6.45) is -0.557. The molecule has 1 atom stereocenters. The van der Waals surface area contributed by atoms with E-state index in [1.165, 1.54) is 38.1 Å². The SMILES string of the molecule is CC(C)OC(=O)CN[P@](=O)(Oc1ccccc1)c1c(F)c(F)c(F)c(F)c1F. The molecule has 0 aliphatic heterocycles. The van der Waals surface area contributed by atoms with Crippen LogP contribution in [0, 0.1) is 29.1 Å². The number of hydrogen-bond donors (Lipinski definition) is 1. The van der Waals surface area contributed by atoms with Crippen LogP contribution in [0.1, 0.15) is 13.8 Å². The quantitative estimate of drug-likeness (QED) is 0.241. The van der Waals surface area contributed by atoms with Gasteiger partial charge in [0, 0.05) is 0 Å². The van der Waals surface area contributed by atoms with Crippen LogP contribution >= 0.6 is 7.52 Å². The van der Waals surface area contributed by atoms with Crippen LogP contribution in [0.25, 0.3) is 0 Å². The molecule has 0 bridgehead atoms. The molecule has 0 aliphatic carbocycles. The molecule has 11 heteroatoms. The largest absolute Gasteiger partial charge is 0.462 e. The van der Waals surface area contributed by atoms with Gasteiger partial charge >= 0.3 is 13.5 Å². The lowest BCUT2D eigenvalue weighted by Gasteiger charge is -2.22. The molecule has 0 unspecified atom stereocenters. The van der Waals surface area contributed by atoms with Crippen LogP contribution in [0.3, 0.4) is 0 Å². The summed E-state index contributed by atoms with van der Waals surface area (Å²) in [7, 11) is -4.99. The third-order valence-electron chi connectivity index (χ3n) is 3.26. The van der Waals surface area contributed by atoms with Crippen LogP contribution in [0.2, 0.25) is 0 Å². The first-order valence-corrected chi connectivity index (χ1v) is 9.50. The fraction of sp³-hybridized carbons (Fsp3) is 0.235. The smallest absolute Gasteiger partial charge is 0.353 e. The molecule has 28 heavy (non-hydrogen) atoms. The Morgan fingerprint density at radius 2 is 1.46 bits per heavy atom. The summed E-state index contributed by atoms with van der Waals surface area (Å²) in [4.78, 5) is 11.7. The number of halogens is 5. The molecule has 152 valence electrons. The van der Waals surface area contributed by atoms with Gasteiger partial charge in [-0.2, -0.15) is 0 Å². The second-order valence-electron chi connectivity index (χ2n) is 5.75. The van der Waals surface area contributed by atoms with Gasteiger partial charge in [-0.25, -0.2) is 27.0 Å². The van der Waals surface area contributed by atoms with Gasteiger partial charge in [-0.3, -0.25) is 9.36 Å². The van der Waals surface area contributed by atoms with Crippen LogP contribution in [0.4, 0.5) is 22.0 Å². The Kier molecular flexibility index (Phi) is 6.79. The normalized spacial score (nSPS) is 13.3. The van der Waals surface area contributed by atoms with Crippen molar-refractivity contribution in [2.75, 3.05) is 6.54 Å². The molecular weight excluding hydrogens is 408 g/mol. The zero-order valence-corrected chi connectivity index (χ0v) is 15.5. The summed E-state index contributed by atoms with van der Waals surface area (Å²) >= 11 is 0. The lowest BCUT2D eigenvalue weighted by molar-refractivity contribution is -0.145. The maximum Gasteiger partial charge on any atom is 0.353 e.